The predicted molar refractivity (Wildman–Crippen MR) is 78.8 cm³/mol. The van der Waals surface area contributed by atoms with Crippen LogP contribution in [0.15, 0.2) is 22.2 Å². The van der Waals surface area contributed by atoms with Crippen molar-refractivity contribution in [3.05, 3.63) is 38.4 Å². The van der Waals surface area contributed by atoms with Gasteiger partial charge in [-0.05, 0) is 28.9 Å². The van der Waals surface area contributed by atoms with Gasteiger partial charge in [-0.1, -0.05) is 0 Å². The van der Waals surface area contributed by atoms with Gasteiger partial charge in [-0.2, -0.15) is 0 Å². The lowest BCUT2D eigenvalue weighted by atomic mass is 10.2. The van der Waals surface area contributed by atoms with Crippen LogP contribution >= 0.6 is 27.3 Å². The van der Waals surface area contributed by atoms with Crippen molar-refractivity contribution in [2.24, 2.45) is 5.73 Å². The molecule has 2 aromatic heterocycles. The molecule has 0 fully saturated rings. The maximum Gasteiger partial charge on any atom is 0.133 e. The first-order chi connectivity index (χ1) is 8.61. The average Bonchev–Trinajstić information content (AvgIpc) is 2.74. The second kappa shape index (κ2) is 5.77. The first-order valence-electron chi connectivity index (χ1n) is 5.56. The quantitative estimate of drug-likeness (QED) is 0.938. The third kappa shape index (κ3) is 2.88. The summed E-state index contributed by atoms with van der Waals surface area (Å²) in [4.78, 5) is 12.1. The predicted octanol–water partition coefficient (Wildman–Crippen LogP) is 2.70. The maximum absolute atomic E-state index is 5.76. The second-order valence-electron chi connectivity index (χ2n) is 4.06. The van der Waals surface area contributed by atoms with E-state index in [1.807, 2.05) is 25.5 Å². The van der Waals surface area contributed by atoms with Crippen molar-refractivity contribution in [3.63, 3.8) is 0 Å². The van der Waals surface area contributed by atoms with Crippen molar-refractivity contribution < 1.29 is 0 Å². The van der Waals surface area contributed by atoms with E-state index in [-0.39, 0.29) is 0 Å². The Labute approximate surface area is 119 Å². The molecule has 2 aromatic rings. The number of hydrogen-bond donors (Lipinski definition) is 1. The Morgan fingerprint density at radius 3 is 2.83 bits per heavy atom. The maximum atomic E-state index is 5.76. The molecule has 0 atom stereocenters. The van der Waals surface area contributed by atoms with Gasteiger partial charge in [-0.3, -0.25) is 0 Å². The van der Waals surface area contributed by atoms with E-state index in [2.05, 4.69) is 30.8 Å². The summed E-state index contributed by atoms with van der Waals surface area (Å²) in [7, 11) is 2.02. The molecule has 0 saturated carbocycles. The summed E-state index contributed by atoms with van der Waals surface area (Å²) in [6.07, 6.45) is 1.80. The van der Waals surface area contributed by atoms with Gasteiger partial charge in [0.1, 0.15) is 5.82 Å². The van der Waals surface area contributed by atoms with Crippen LogP contribution in [-0.2, 0) is 13.1 Å². The summed E-state index contributed by atoms with van der Waals surface area (Å²) in [5.74, 6) is 0.925. The highest BCUT2D eigenvalue weighted by atomic mass is 79.9. The first-order valence-corrected chi connectivity index (χ1v) is 7.23. The van der Waals surface area contributed by atoms with Crippen LogP contribution in [-0.4, -0.2) is 17.0 Å². The summed E-state index contributed by atoms with van der Waals surface area (Å²) in [5.41, 5.74) is 9.75. The molecule has 0 aromatic carbocycles. The van der Waals surface area contributed by atoms with Crippen molar-refractivity contribution in [3.8, 4) is 0 Å². The molecule has 0 aliphatic heterocycles. The highest BCUT2D eigenvalue weighted by Crippen LogP contribution is 2.23. The SMILES string of the molecule is Cc1ncsc1CN(C)c1ncc(Br)cc1CN. The molecule has 0 spiro atoms. The monoisotopic (exact) mass is 326 g/mol. The topological polar surface area (TPSA) is 55.0 Å². The van der Waals surface area contributed by atoms with Gasteiger partial charge in [0.25, 0.3) is 0 Å². The number of aromatic nitrogens is 2. The number of rotatable bonds is 4. The molecule has 2 N–H and O–H groups in total. The van der Waals surface area contributed by atoms with Crippen LogP contribution in [0.5, 0.6) is 0 Å². The van der Waals surface area contributed by atoms with E-state index in [0.717, 1.165) is 28.1 Å². The Morgan fingerprint density at radius 2 is 2.22 bits per heavy atom. The third-order valence-electron chi connectivity index (χ3n) is 2.72. The lowest BCUT2D eigenvalue weighted by Crippen LogP contribution is -2.20. The summed E-state index contributed by atoms with van der Waals surface area (Å²) in [6.45, 7) is 3.31. The van der Waals surface area contributed by atoms with Crippen LogP contribution in [0.25, 0.3) is 0 Å². The largest absolute Gasteiger partial charge is 0.354 e. The molecular formula is C12H15BrN4S. The van der Waals surface area contributed by atoms with Crippen molar-refractivity contribution in [1.29, 1.82) is 0 Å². The van der Waals surface area contributed by atoms with Gasteiger partial charge >= 0.3 is 0 Å². The Bertz CT molecular complexity index is 541. The van der Waals surface area contributed by atoms with Gasteiger partial charge in [0.15, 0.2) is 0 Å². The molecule has 0 aliphatic carbocycles. The van der Waals surface area contributed by atoms with Gasteiger partial charge in [0.2, 0.25) is 0 Å². The molecule has 96 valence electrons. The fraction of sp³-hybridized carbons (Fsp3) is 0.333. The standard InChI is InChI=1S/C12H15BrN4S/c1-8-11(18-7-16-8)6-17(2)12-9(4-14)3-10(13)5-15-12/h3,5,7H,4,6,14H2,1-2H3. The molecule has 0 bridgehead atoms. The number of hydrogen-bond acceptors (Lipinski definition) is 5. The first kappa shape index (κ1) is 13.5. The molecule has 0 saturated heterocycles. The molecule has 2 heterocycles. The van der Waals surface area contributed by atoms with Crippen LogP contribution in [0.4, 0.5) is 5.82 Å². The summed E-state index contributed by atoms with van der Waals surface area (Å²) in [5, 5.41) is 0. The van der Waals surface area contributed by atoms with E-state index in [4.69, 9.17) is 5.73 Å². The zero-order valence-electron chi connectivity index (χ0n) is 10.4. The van der Waals surface area contributed by atoms with Crippen LogP contribution < -0.4 is 10.6 Å². The normalized spacial score (nSPS) is 10.7. The minimum atomic E-state index is 0.480. The molecule has 0 radical (unpaired) electrons. The molecule has 2 rings (SSSR count). The highest BCUT2D eigenvalue weighted by Gasteiger charge is 2.11. The van der Waals surface area contributed by atoms with Crippen LogP contribution in [0.1, 0.15) is 16.1 Å². The number of nitrogens with two attached hydrogens (primary N) is 1. The van der Waals surface area contributed by atoms with Gasteiger partial charge in [0, 0.05) is 34.7 Å². The van der Waals surface area contributed by atoms with Crippen molar-refractivity contribution in [2.45, 2.75) is 20.0 Å². The van der Waals surface area contributed by atoms with Crippen molar-refractivity contribution in [1.82, 2.24) is 9.97 Å². The average molecular weight is 327 g/mol. The minimum absolute atomic E-state index is 0.480. The fourth-order valence-electron chi connectivity index (χ4n) is 1.74. The van der Waals surface area contributed by atoms with E-state index in [0.29, 0.717) is 6.54 Å². The number of pyridine rings is 1. The zero-order chi connectivity index (χ0) is 13.1. The van der Waals surface area contributed by atoms with Crippen LogP contribution in [0.2, 0.25) is 0 Å². The Balaban J connectivity index is 2.23. The third-order valence-corrected chi connectivity index (χ3v) is 4.07. The van der Waals surface area contributed by atoms with Gasteiger partial charge in [0.05, 0.1) is 17.7 Å². The Morgan fingerprint density at radius 1 is 1.44 bits per heavy atom. The fourth-order valence-corrected chi connectivity index (χ4v) is 2.94. The molecule has 4 nitrogen and oxygen atoms in total. The molecule has 6 heteroatoms. The molecule has 0 aliphatic rings. The molecule has 0 amide bonds. The van der Waals surface area contributed by atoms with E-state index >= 15 is 0 Å². The van der Waals surface area contributed by atoms with Gasteiger partial charge < -0.3 is 10.6 Å². The number of halogens is 1. The number of thiazole rings is 1. The van der Waals surface area contributed by atoms with Gasteiger partial charge in [-0.25, -0.2) is 9.97 Å². The van der Waals surface area contributed by atoms with E-state index in [1.54, 1.807) is 17.5 Å². The second-order valence-corrected chi connectivity index (χ2v) is 5.91. The van der Waals surface area contributed by atoms with Crippen molar-refractivity contribution >= 4 is 33.1 Å². The summed E-state index contributed by atoms with van der Waals surface area (Å²) in [6, 6.07) is 2.01. The number of anilines is 1. The van der Waals surface area contributed by atoms with E-state index in [9.17, 15) is 0 Å². The summed E-state index contributed by atoms with van der Waals surface area (Å²) < 4.78 is 0.953. The Hall–Kier alpha value is -0.980. The van der Waals surface area contributed by atoms with E-state index < -0.39 is 0 Å². The number of nitrogens with zero attached hydrogens (tertiary/aromatic N) is 3. The molecular weight excluding hydrogens is 312 g/mol. The molecule has 0 unspecified atom stereocenters. The van der Waals surface area contributed by atoms with E-state index in [1.165, 1.54) is 4.88 Å². The lowest BCUT2D eigenvalue weighted by Gasteiger charge is -2.20. The van der Waals surface area contributed by atoms with Crippen molar-refractivity contribution in [2.75, 3.05) is 11.9 Å². The number of aryl methyl sites for hydroxylation is 1. The van der Waals surface area contributed by atoms with Crippen LogP contribution in [0, 0.1) is 6.92 Å². The smallest absolute Gasteiger partial charge is 0.133 e. The summed E-state index contributed by atoms with van der Waals surface area (Å²) >= 11 is 5.08. The Kier molecular flexibility index (Phi) is 4.31. The highest BCUT2D eigenvalue weighted by molar-refractivity contribution is 9.10. The minimum Gasteiger partial charge on any atom is -0.354 e. The lowest BCUT2D eigenvalue weighted by molar-refractivity contribution is 0.878. The zero-order valence-corrected chi connectivity index (χ0v) is 12.8. The van der Waals surface area contributed by atoms with Gasteiger partial charge in [-0.15, -0.1) is 11.3 Å². The van der Waals surface area contributed by atoms with Crippen LogP contribution in [0.3, 0.4) is 0 Å². The molecule has 18 heavy (non-hydrogen) atoms.